The van der Waals surface area contributed by atoms with Crippen molar-refractivity contribution in [2.75, 3.05) is 13.7 Å². The van der Waals surface area contributed by atoms with E-state index in [0.29, 0.717) is 23.3 Å². The molecular formula is C22H25NO5. The minimum Gasteiger partial charge on any atom is -0.484 e. The Balaban J connectivity index is 1.91. The minimum atomic E-state index is -0.702. The van der Waals surface area contributed by atoms with E-state index in [9.17, 15) is 14.4 Å². The zero-order chi connectivity index (χ0) is 20.5. The molecule has 1 N–H and O–H groups in total. The number of hydrogen-bond acceptors (Lipinski definition) is 5. The number of rotatable bonds is 9. The van der Waals surface area contributed by atoms with Gasteiger partial charge in [0.25, 0.3) is 5.91 Å². The van der Waals surface area contributed by atoms with Gasteiger partial charge in [-0.05, 0) is 36.6 Å². The van der Waals surface area contributed by atoms with Crippen LogP contribution in [0.3, 0.4) is 0 Å². The monoisotopic (exact) mass is 383 g/mol. The molecule has 1 amide bonds. The molecule has 2 aromatic carbocycles. The first-order valence-electron chi connectivity index (χ1n) is 9.10. The van der Waals surface area contributed by atoms with Crippen LogP contribution in [0.2, 0.25) is 0 Å². The van der Waals surface area contributed by atoms with Crippen molar-refractivity contribution >= 4 is 17.7 Å². The molecule has 148 valence electrons. The maximum Gasteiger partial charge on any atom is 0.328 e. The summed E-state index contributed by atoms with van der Waals surface area (Å²) in [6.45, 7) is 3.67. The Morgan fingerprint density at radius 3 is 2.11 bits per heavy atom. The molecule has 0 spiro atoms. The van der Waals surface area contributed by atoms with E-state index in [2.05, 4.69) is 5.32 Å². The Kier molecular flexibility index (Phi) is 7.75. The fourth-order valence-corrected chi connectivity index (χ4v) is 2.67. The minimum absolute atomic E-state index is 0.0838. The van der Waals surface area contributed by atoms with Gasteiger partial charge in [-0.15, -0.1) is 0 Å². The highest BCUT2D eigenvalue weighted by molar-refractivity contribution is 6.09. The lowest BCUT2D eigenvalue weighted by atomic mass is 10.0. The fourth-order valence-electron chi connectivity index (χ4n) is 2.67. The van der Waals surface area contributed by atoms with Crippen LogP contribution in [0.1, 0.15) is 36.2 Å². The molecule has 0 unspecified atom stereocenters. The molecule has 2 rings (SSSR count). The van der Waals surface area contributed by atoms with E-state index in [-0.39, 0.29) is 18.3 Å². The van der Waals surface area contributed by atoms with Gasteiger partial charge in [-0.1, -0.05) is 44.2 Å². The maximum atomic E-state index is 12.4. The number of benzene rings is 2. The van der Waals surface area contributed by atoms with Crippen LogP contribution in [0, 0.1) is 5.92 Å². The third-order valence-electron chi connectivity index (χ3n) is 4.05. The van der Waals surface area contributed by atoms with Crippen molar-refractivity contribution in [1.82, 2.24) is 5.32 Å². The third-order valence-corrected chi connectivity index (χ3v) is 4.05. The van der Waals surface area contributed by atoms with Crippen molar-refractivity contribution in [2.24, 2.45) is 5.92 Å². The Bertz CT molecular complexity index is 799. The lowest BCUT2D eigenvalue weighted by molar-refractivity contribution is -0.145. The molecule has 0 aliphatic heterocycles. The van der Waals surface area contributed by atoms with Crippen LogP contribution < -0.4 is 10.1 Å². The fraction of sp³-hybridized carbons (Fsp3) is 0.318. The maximum absolute atomic E-state index is 12.4. The van der Waals surface area contributed by atoms with Crippen LogP contribution in [-0.4, -0.2) is 37.4 Å². The van der Waals surface area contributed by atoms with Crippen molar-refractivity contribution < 1.29 is 23.9 Å². The quantitative estimate of drug-likeness (QED) is 0.532. The highest BCUT2D eigenvalue weighted by Gasteiger charge is 2.22. The summed E-state index contributed by atoms with van der Waals surface area (Å²) in [6.07, 6.45) is 0.481. The van der Waals surface area contributed by atoms with Crippen molar-refractivity contribution in [3.8, 4) is 5.75 Å². The summed E-state index contributed by atoms with van der Waals surface area (Å²) in [5.41, 5.74) is 1.14. The Labute approximate surface area is 164 Å². The topological polar surface area (TPSA) is 81.7 Å². The smallest absolute Gasteiger partial charge is 0.328 e. The average molecular weight is 383 g/mol. The molecule has 1 atom stereocenters. The third kappa shape index (κ3) is 6.23. The molecule has 0 aliphatic carbocycles. The van der Waals surface area contributed by atoms with Crippen molar-refractivity contribution in [1.29, 1.82) is 0 Å². The molecule has 0 bridgehead atoms. The lowest BCUT2D eigenvalue weighted by Gasteiger charge is -2.18. The zero-order valence-corrected chi connectivity index (χ0v) is 16.3. The summed E-state index contributed by atoms with van der Waals surface area (Å²) in [4.78, 5) is 36.2. The predicted octanol–water partition coefficient (Wildman–Crippen LogP) is 3.00. The van der Waals surface area contributed by atoms with Crippen LogP contribution >= 0.6 is 0 Å². The van der Waals surface area contributed by atoms with Gasteiger partial charge in [0.2, 0.25) is 0 Å². The molecule has 2 aromatic rings. The second kappa shape index (κ2) is 10.3. The van der Waals surface area contributed by atoms with Gasteiger partial charge in [-0.25, -0.2) is 4.79 Å². The van der Waals surface area contributed by atoms with E-state index >= 15 is 0 Å². The molecule has 0 fully saturated rings. The summed E-state index contributed by atoms with van der Waals surface area (Å²) in [5, 5.41) is 2.63. The molecule has 0 radical (unpaired) electrons. The average Bonchev–Trinajstić information content (AvgIpc) is 2.71. The number of amides is 1. The highest BCUT2D eigenvalue weighted by Crippen LogP contribution is 2.15. The molecule has 0 aliphatic rings. The number of esters is 1. The summed E-state index contributed by atoms with van der Waals surface area (Å²) >= 11 is 0. The van der Waals surface area contributed by atoms with Crippen LogP contribution in [0.5, 0.6) is 5.75 Å². The summed E-state index contributed by atoms with van der Waals surface area (Å²) in [5.74, 6) is -0.302. The summed E-state index contributed by atoms with van der Waals surface area (Å²) < 4.78 is 10.2. The number of carbonyl (C=O) groups excluding carboxylic acids is 3. The van der Waals surface area contributed by atoms with Gasteiger partial charge in [0, 0.05) is 11.1 Å². The molecular weight excluding hydrogens is 358 g/mol. The van der Waals surface area contributed by atoms with Crippen LogP contribution in [0.15, 0.2) is 54.6 Å². The van der Waals surface area contributed by atoms with Crippen LogP contribution in [-0.2, 0) is 14.3 Å². The Hall–Kier alpha value is -3.15. The predicted molar refractivity (Wildman–Crippen MR) is 105 cm³/mol. The van der Waals surface area contributed by atoms with E-state index in [0.717, 1.165) is 0 Å². The van der Waals surface area contributed by atoms with E-state index in [1.807, 2.05) is 32.0 Å². The number of hydrogen-bond donors (Lipinski definition) is 1. The number of ether oxygens (including phenoxy) is 2. The van der Waals surface area contributed by atoms with Gasteiger partial charge in [0.1, 0.15) is 11.8 Å². The van der Waals surface area contributed by atoms with Gasteiger partial charge in [0.15, 0.2) is 12.4 Å². The first kappa shape index (κ1) is 21.2. The zero-order valence-electron chi connectivity index (χ0n) is 16.3. The van der Waals surface area contributed by atoms with Crippen molar-refractivity contribution in [3.63, 3.8) is 0 Å². The molecule has 6 heteroatoms. The molecule has 0 saturated heterocycles. The number of methoxy groups -OCH3 is 1. The Morgan fingerprint density at radius 2 is 1.54 bits per heavy atom. The van der Waals surface area contributed by atoms with Crippen molar-refractivity contribution in [2.45, 2.75) is 26.3 Å². The SMILES string of the molecule is COC(=O)[C@@H](CC(C)C)NC(=O)COc1ccc(C(=O)c2ccccc2)cc1. The van der Waals surface area contributed by atoms with E-state index < -0.39 is 17.9 Å². The largest absolute Gasteiger partial charge is 0.484 e. The van der Waals surface area contributed by atoms with Crippen LogP contribution in [0.4, 0.5) is 0 Å². The molecule has 0 aromatic heterocycles. The number of carbonyl (C=O) groups is 3. The van der Waals surface area contributed by atoms with Gasteiger partial charge < -0.3 is 14.8 Å². The second-order valence-electron chi connectivity index (χ2n) is 6.78. The lowest BCUT2D eigenvalue weighted by Crippen LogP contribution is -2.44. The molecule has 0 heterocycles. The first-order valence-corrected chi connectivity index (χ1v) is 9.10. The van der Waals surface area contributed by atoms with E-state index in [1.54, 1.807) is 36.4 Å². The Morgan fingerprint density at radius 1 is 0.929 bits per heavy atom. The van der Waals surface area contributed by atoms with E-state index in [1.165, 1.54) is 7.11 Å². The van der Waals surface area contributed by atoms with E-state index in [4.69, 9.17) is 9.47 Å². The standard InChI is InChI=1S/C22H25NO5/c1-15(2)13-19(22(26)27-3)23-20(24)14-28-18-11-9-17(10-12-18)21(25)16-7-5-4-6-8-16/h4-12,15,19H,13-14H2,1-3H3,(H,23,24)/t19-/m1/s1. The highest BCUT2D eigenvalue weighted by atomic mass is 16.5. The summed E-state index contributed by atoms with van der Waals surface area (Å²) in [7, 11) is 1.29. The van der Waals surface area contributed by atoms with Gasteiger partial charge in [-0.2, -0.15) is 0 Å². The normalized spacial score (nSPS) is 11.6. The first-order chi connectivity index (χ1) is 13.4. The summed E-state index contributed by atoms with van der Waals surface area (Å²) in [6, 6.07) is 14.9. The molecule has 0 saturated carbocycles. The van der Waals surface area contributed by atoms with Crippen molar-refractivity contribution in [3.05, 3.63) is 65.7 Å². The molecule has 6 nitrogen and oxygen atoms in total. The molecule has 28 heavy (non-hydrogen) atoms. The van der Waals surface area contributed by atoms with Crippen LogP contribution in [0.25, 0.3) is 0 Å². The van der Waals surface area contributed by atoms with Gasteiger partial charge >= 0.3 is 5.97 Å². The second-order valence-corrected chi connectivity index (χ2v) is 6.78. The number of ketones is 1. The number of nitrogens with one attached hydrogen (secondary N) is 1. The van der Waals surface area contributed by atoms with Gasteiger partial charge in [0.05, 0.1) is 7.11 Å². The van der Waals surface area contributed by atoms with Gasteiger partial charge in [-0.3, -0.25) is 9.59 Å².